The summed E-state index contributed by atoms with van der Waals surface area (Å²) in [5, 5.41) is 15.5. The second-order valence-electron chi connectivity index (χ2n) is 4.64. The Bertz CT molecular complexity index is 406. The average molecular weight is 234 g/mol. The second-order valence-corrected chi connectivity index (χ2v) is 4.64. The molecule has 2 unspecified atom stereocenters. The Morgan fingerprint density at radius 1 is 1.47 bits per heavy atom. The van der Waals surface area contributed by atoms with Crippen LogP contribution in [0.15, 0.2) is 24.3 Å². The normalized spacial score (nSPS) is 24.3. The minimum Gasteiger partial charge on any atom is -0.506 e. The number of para-hydroxylation sites is 2. The number of anilines is 1. The summed E-state index contributed by atoms with van der Waals surface area (Å²) in [6.45, 7) is 3.03. The molecule has 17 heavy (non-hydrogen) atoms. The van der Waals surface area contributed by atoms with Crippen LogP contribution in [0, 0.1) is 5.92 Å². The quantitative estimate of drug-likeness (QED) is 0.683. The molecule has 3 N–H and O–H groups in total. The summed E-state index contributed by atoms with van der Waals surface area (Å²) < 4.78 is 0. The molecule has 1 fully saturated rings. The fraction of sp³-hybridized carbons (Fsp3) is 0.462. The number of hydrogen-bond donors (Lipinski definition) is 3. The molecule has 0 aromatic heterocycles. The maximum atomic E-state index is 12.0. The molecule has 92 valence electrons. The molecule has 2 atom stereocenters. The predicted molar refractivity (Wildman–Crippen MR) is 66.9 cm³/mol. The Morgan fingerprint density at radius 3 is 2.94 bits per heavy atom. The van der Waals surface area contributed by atoms with Crippen LogP contribution in [0.2, 0.25) is 0 Å². The Kier molecular flexibility index (Phi) is 3.64. The van der Waals surface area contributed by atoms with Crippen molar-refractivity contribution in [2.24, 2.45) is 5.92 Å². The van der Waals surface area contributed by atoms with E-state index in [1.54, 1.807) is 24.3 Å². The van der Waals surface area contributed by atoms with Gasteiger partial charge in [0.2, 0.25) is 5.91 Å². The molecule has 1 saturated heterocycles. The van der Waals surface area contributed by atoms with Gasteiger partial charge in [-0.3, -0.25) is 4.79 Å². The largest absolute Gasteiger partial charge is 0.506 e. The lowest BCUT2D eigenvalue weighted by molar-refractivity contribution is -0.119. The summed E-state index contributed by atoms with van der Waals surface area (Å²) in [5.41, 5.74) is 0.470. The Labute approximate surface area is 101 Å². The van der Waals surface area contributed by atoms with Crippen LogP contribution >= 0.6 is 0 Å². The number of rotatable bonds is 2. The van der Waals surface area contributed by atoms with E-state index in [2.05, 4.69) is 17.6 Å². The molecule has 1 amide bonds. The highest BCUT2D eigenvalue weighted by atomic mass is 16.3. The van der Waals surface area contributed by atoms with E-state index in [1.807, 2.05) is 0 Å². The van der Waals surface area contributed by atoms with E-state index >= 15 is 0 Å². The molecule has 1 aliphatic rings. The molecule has 0 bridgehead atoms. The van der Waals surface area contributed by atoms with E-state index in [4.69, 9.17) is 0 Å². The molecule has 0 radical (unpaired) electrons. The highest BCUT2D eigenvalue weighted by Crippen LogP contribution is 2.23. The monoisotopic (exact) mass is 234 g/mol. The average Bonchev–Trinajstić information content (AvgIpc) is 2.32. The summed E-state index contributed by atoms with van der Waals surface area (Å²) in [4.78, 5) is 12.0. The number of piperidine rings is 1. The first-order valence-corrected chi connectivity index (χ1v) is 5.99. The van der Waals surface area contributed by atoms with Gasteiger partial charge in [0.15, 0.2) is 0 Å². The van der Waals surface area contributed by atoms with Crippen LogP contribution in [0.1, 0.15) is 19.8 Å². The smallest absolute Gasteiger partial charge is 0.241 e. The van der Waals surface area contributed by atoms with Crippen LogP contribution in [0.25, 0.3) is 0 Å². The zero-order valence-electron chi connectivity index (χ0n) is 9.94. The first-order valence-electron chi connectivity index (χ1n) is 5.99. The van der Waals surface area contributed by atoms with Crippen LogP contribution < -0.4 is 10.6 Å². The van der Waals surface area contributed by atoms with Crippen molar-refractivity contribution in [2.75, 3.05) is 11.9 Å². The lowest BCUT2D eigenvalue weighted by atomic mass is 9.94. The molecule has 4 nitrogen and oxygen atoms in total. The molecule has 0 aliphatic carbocycles. The van der Waals surface area contributed by atoms with Crippen LogP contribution in [0.3, 0.4) is 0 Å². The van der Waals surface area contributed by atoms with Crippen molar-refractivity contribution in [1.82, 2.24) is 5.32 Å². The number of benzene rings is 1. The summed E-state index contributed by atoms with van der Waals surface area (Å²) in [6.07, 6.45) is 1.96. The fourth-order valence-corrected chi connectivity index (χ4v) is 2.11. The topological polar surface area (TPSA) is 61.4 Å². The fourth-order valence-electron chi connectivity index (χ4n) is 2.11. The molecular formula is C13H18N2O2. The van der Waals surface area contributed by atoms with Crippen molar-refractivity contribution in [1.29, 1.82) is 0 Å². The third kappa shape index (κ3) is 2.97. The minimum absolute atomic E-state index is 0.0712. The summed E-state index contributed by atoms with van der Waals surface area (Å²) in [5.74, 6) is 0.596. The van der Waals surface area contributed by atoms with Crippen molar-refractivity contribution in [3.63, 3.8) is 0 Å². The molecule has 4 heteroatoms. The Morgan fingerprint density at radius 2 is 2.24 bits per heavy atom. The highest BCUT2D eigenvalue weighted by Gasteiger charge is 2.24. The number of phenolic OH excluding ortho intramolecular Hbond substituents is 1. The lowest BCUT2D eigenvalue weighted by Crippen LogP contribution is -2.45. The van der Waals surface area contributed by atoms with Gasteiger partial charge in [-0.05, 0) is 37.4 Å². The maximum Gasteiger partial charge on any atom is 0.241 e. The maximum absolute atomic E-state index is 12.0. The van der Waals surface area contributed by atoms with Crippen molar-refractivity contribution < 1.29 is 9.90 Å². The van der Waals surface area contributed by atoms with Crippen molar-refractivity contribution in [3.05, 3.63) is 24.3 Å². The van der Waals surface area contributed by atoms with Gasteiger partial charge in [0.1, 0.15) is 5.75 Å². The van der Waals surface area contributed by atoms with Crippen molar-refractivity contribution in [2.45, 2.75) is 25.8 Å². The third-order valence-electron chi connectivity index (χ3n) is 3.14. The van der Waals surface area contributed by atoms with Crippen molar-refractivity contribution in [3.8, 4) is 5.75 Å². The van der Waals surface area contributed by atoms with Crippen LogP contribution in [-0.4, -0.2) is 23.6 Å². The minimum atomic E-state index is -0.154. The van der Waals surface area contributed by atoms with Crippen LogP contribution in [0.4, 0.5) is 5.69 Å². The number of carbonyl (C=O) groups excluding carboxylic acids is 1. The van der Waals surface area contributed by atoms with Gasteiger partial charge in [0.25, 0.3) is 0 Å². The zero-order valence-corrected chi connectivity index (χ0v) is 9.94. The first kappa shape index (κ1) is 11.9. The number of carbonyl (C=O) groups is 1. The molecule has 1 heterocycles. The molecule has 1 aromatic rings. The third-order valence-corrected chi connectivity index (χ3v) is 3.14. The summed E-state index contributed by atoms with van der Waals surface area (Å²) in [7, 11) is 0. The first-order chi connectivity index (χ1) is 8.16. The van der Waals surface area contributed by atoms with Gasteiger partial charge >= 0.3 is 0 Å². The standard InChI is InChI=1S/C13H18N2O2/c1-9-6-7-14-11(8-9)13(17)15-10-4-2-3-5-12(10)16/h2-5,9,11,14,16H,6-8H2,1H3,(H,15,17). The van der Waals surface area contributed by atoms with E-state index in [1.165, 1.54) is 0 Å². The van der Waals surface area contributed by atoms with Crippen LogP contribution in [-0.2, 0) is 4.79 Å². The van der Waals surface area contributed by atoms with Gasteiger partial charge in [0.05, 0.1) is 11.7 Å². The second kappa shape index (κ2) is 5.19. The molecule has 1 aliphatic heterocycles. The Hall–Kier alpha value is -1.55. The molecule has 0 saturated carbocycles. The van der Waals surface area contributed by atoms with E-state index in [9.17, 15) is 9.90 Å². The highest BCUT2D eigenvalue weighted by molar-refractivity contribution is 5.96. The molecular weight excluding hydrogens is 216 g/mol. The van der Waals surface area contributed by atoms with Gasteiger partial charge < -0.3 is 15.7 Å². The van der Waals surface area contributed by atoms with Gasteiger partial charge in [-0.2, -0.15) is 0 Å². The van der Waals surface area contributed by atoms with E-state index in [-0.39, 0.29) is 17.7 Å². The summed E-state index contributed by atoms with van der Waals surface area (Å²) in [6, 6.07) is 6.61. The zero-order chi connectivity index (χ0) is 12.3. The number of aromatic hydroxyl groups is 1. The SMILES string of the molecule is CC1CCNC(C(=O)Nc2ccccc2O)C1. The summed E-state index contributed by atoms with van der Waals surface area (Å²) >= 11 is 0. The van der Waals surface area contributed by atoms with Gasteiger partial charge in [0, 0.05) is 0 Å². The molecule has 0 spiro atoms. The number of amides is 1. The van der Waals surface area contributed by atoms with Gasteiger partial charge in [-0.25, -0.2) is 0 Å². The van der Waals surface area contributed by atoms with Gasteiger partial charge in [-0.1, -0.05) is 19.1 Å². The van der Waals surface area contributed by atoms with Crippen LogP contribution in [0.5, 0.6) is 5.75 Å². The van der Waals surface area contributed by atoms with Crippen molar-refractivity contribution >= 4 is 11.6 Å². The number of phenols is 1. The molecule has 2 rings (SSSR count). The Balaban J connectivity index is 1.99. The number of nitrogens with one attached hydrogen (secondary N) is 2. The van der Waals surface area contributed by atoms with E-state index < -0.39 is 0 Å². The number of hydrogen-bond acceptors (Lipinski definition) is 3. The van der Waals surface area contributed by atoms with E-state index in [0.29, 0.717) is 11.6 Å². The molecule has 1 aromatic carbocycles. The lowest BCUT2D eigenvalue weighted by Gasteiger charge is -2.27. The van der Waals surface area contributed by atoms with Gasteiger partial charge in [-0.15, -0.1) is 0 Å². The predicted octanol–water partition coefficient (Wildman–Crippen LogP) is 1.72. The van der Waals surface area contributed by atoms with E-state index in [0.717, 1.165) is 19.4 Å².